The smallest absolute Gasteiger partial charge is 0.177 e. The second-order valence-corrected chi connectivity index (χ2v) is 5.21. The van der Waals surface area contributed by atoms with Crippen LogP contribution in [0.5, 0.6) is 0 Å². The van der Waals surface area contributed by atoms with Crippen molar-refractivity contribution in [3.8, 4) is 0 Å². The first-order chi connectivity index (χ1) is 9.61. The lowest BCUT2D eigenvalue weighted by Gasteiger charge is -2.26. The molecule has 0 aromatic heterocycles. The topological polar surface area (TPSA) is 15.3 Å². The average molecular weight is 284 g/mol. The van der Waals surface area contributed by atoms with Crippen molar-refractivity contribution < 1.29 is 0 Å². The highest BCUT2D eigenvalue weighted by molar-refractivity contribution is 7.80. The van der Waals surface area contributed by atoms with Gasteiger partial charge >= 0.3 is 0 Å². The minimum Gasteiger partial charge on any atom is -0.332 e. The molecule has 2 rings (SSSR count). The second-order valence-electron chi connectivity index (χ2n) is 4.83. The van der Waals surface area contributed by atoms with Crippen molar-refractivity contribution in [1.82, 2.24) is 0 Å². The van der Waals surface area contributed by atoms with Gasteiger partial charge in [-0.2, -0.15) is 0 Å². The number of nitrogens with one attached hydrogen (secondary N) is 1. The summed E-state index contributed by atoms with van der Waals surface area (Å²) in [7, 11) is 0. The standard InChI is InChI=1S/C17H20N2S/c1-4-19(16-8-6-5-7-14(16)3)17(20)18-15-11-9-13(2)10-12-15/h5-12H,4H2,1-3H3,(H,18,20). The van der Waals surface area contributed by atoms with Crippen molar-refractivity contribution in [3.05, 3.63) is 59.7 Å². The summed E-state index contributed by atoms with van der Waals surface area (Å²) in [4.78, 5) is 2.12. The zero-order valence-corrected chi connectivity index (χ0v) is 13.0. The number of hydrogen-bond acceptors (Lipinski definition) is 1. The highest BCUT2D eigenvalue weighted by Crippen LogP contribution is 2.20. The van der Waals surface area contributed by atoms with Crippen LogP contribution >= 0.6 is 12.2 Å². The molecule has 0 aliphatic rings. The fraction of sp³-hybridized carbons (Fsp3) is 0.235. The first kappa shape index (κ1) is 14.5. The van der Waals surface area contributed by atoms with Gasteiger partial charge in [0.05, 0.1) is 0 Å². The summed E-state index contributed by atoms with van der Waals surface area (Å²) in [5.41, 5.74) is 4.64. The van der Waals surface area contributed by atoms with Gasteiger partial charge in [-0.25, -0.2) is 0 Å². The molecular formula is C17H20N2S. The Labute approximate surface area is 126 Å². The highest BCUT2D eigenvalue weighted by Gasteiger charge is 2.12. The van der Waals surface area contributed by atoms with Crippen molar-refractivity contribution in [2.75, 3.05) is 16.8 Å². The van der Waals surface area contributed by atoms with E-state index in [0.29, 0.717) is 0 Å². The molecule has 0 unspecified atom stereocenters. The molecule has 0 heterocycles. The predicted molar refractivity (Wildman–Crippen MR) is 91.6 cm³/mol. The van der Waals surface area contributed by atoms with Gasteiger partial charge in [-0.3, -0.25) is 0 Å². The van der Waals surface area contributed by atoms with Crippen molar-refractivity contribution in [2.24, 2.45) is 0 Å². The quantitative estimate of drug-likeness (QED) is 0.834. The molecule has 2 aromatic carbocycles. The Hall–Kier alpha value is -1.87. The Balaban J connectivity index is 2.18. The summed E-state index contributed by atoms with van der Waals surface area (Å²) in [6.45, 7) is 7.12. The van der Waals surface area contributed by atoms with Crippen LogP contribution in [0.25, 0.3) is 0 Å². The molecule has 1 N–H and O–H groups in total. The molecular weight excluding hydrogens is 264 g/mol. The van der Waals surface area contributed by atoms with E-state index >= 15 is 0 Å². The predicted octanol–water partition coefficient (Wildman–Crippen LogP) is 4.53. The van der Waals surface area contributed by atoms with Crippen molar-refractivity contribution in [3.63, 3.8) is 0 Å². The fourth-order valence-electron chi connectivity index (χ4n) is 2.12. The van der Waals surface area contributed by atoms with E-state index < -0.39 is 0 Å². The molecule has 2 nitrogen and oxygen atoms in total. The summed E-state index contributed by atoms with van der Waals surface area (Å²) >= 11 is 5.55. The molecule has 0 aliphatic carbocycles. The van der Waals surface area contributed by atoms with E-state index in [2.05, 4.69) is 55.3 Å². The molecule has 0 radical (unpaired) electrons. The summed E-state index contributed by atoms with van der Waals surface area (Å²) in [5.74, 6) is 0. The molecule has 2 aromatic rings. The van der Waals surface area contributed by atoms with Gasteiger partial charge in [0, 0.05) is 17.9 Å². The lowest BCUT2D eigenvalue weighted by molar-refractivity contribution is 1.06. The van der Waals surface area contributed by atoms with Crippen LogP contribution in [0.3, 0.4) is 0 Å². The Kier molecular flexibility index (Phi) is 4.74. The van der Waals surface area contributed by atoms with E-state index in [1.807, 2.05) is 24.3 Å². The molecule has 0 spiro atoms. The summed E-state index contributed by atoms with van der Waals surface area (Å²) in [6, 6.07) is 16.5. The summed E-state index contributed by atoms with van der Waals surface area (Å²) < 4.78 is 0. The monoisotopic (exact) mass is 284 g/mol. The van der Waals surface area contributed by atoms with Crippen LogP contribution in [0.4, 0.5) is 11.4 Å². The van der Waals surface area contributed by atoms with Gasteiger partial charge in [-0.15, -0.1) is 0 Å². The lowest BCUT2D eigenvalue weighted by atomic mass is 10.2. The van der Waals surface area contributed by atoms with Gasteiger partial charge in [0.1, 0.15) is 0 Å². The average Bonchev–Trinajstić information content (AvgIpc) is 2.44. The van der Waals surface area contributed by atoms with Gasteiger partial charge in [0.15, 0.2) is 5.11 Å². The summed E-state index contributed by atoms with van der Waals surface area (Å²) in [5, 5.41) is 4.03. The van der Waals surface area contributed by atoms with Gasteiger partial charge in [0.2, 0.25) is 0 Å². The van der Waals surface area contributed by atoms with Crippen LogP contribution < -0.4 is 10.2 Å². The third-order valence-corrected chi connectivity index (χ3v) is 3.59. The maximum absolute atomic E-state index is 5.55. The van der Waals surface area contributed by atoms with Gasteiger partial charge in [0.25, 0.3) is 0 Å². The number of anilines is 2. The third-order valence-electron chi connectivity index (χ3n) is 3.27. The van der Waals surface area contributed by atoms with E-state index in [1.165, 1.54) is 11.1 Å². The number of aryl methyl sites for hydroxylation is 2. The van der Waals surface area contributed by atoms with Crippen LogP contribution in [-0.2, 0) is 0 Å². The Morgan fingerprint density at radius 3 is 2.30 bits per heavy atom. The van der Waals surface area contributed by atoms with Crippen LogP contribution in [-0.4, -0.2) is 11.7 Å². The number of rotatable bonds is 3. The largest absolute Gasteiger partial charge is 0.332 e. The first-order valence-corrected chi connectivity index (χ1v) is 7.23. The van der Waals surface area contributed by atoms with Crippen LogP contribution in [0.2, 0.25) is 0 Å². The van der Waals surface area contributed by atoms with Crippen molar-refractivity contribution >= 4 is 28.7 Å². The highest BCUT2D eigenvalue weighted by atomic mass is 32.1. The zero-order valence-electron chi connectivity index (χ0n) is 12.2. The molecule has 104 valence electrons. The normalized spacial score (nSPS) is 10.2. The van der Waals surface area contributed by atoms with E-state index in [0.717, 1.165) is 23.0 Å². The molecule has 3 heteroatoms. The number of hydrogen-bond donors (Lipinski definition) is 1. The minimum atomic E-state index is 0.727. The van der Waals surface area contributed by atoms with Crippen LogP contribution in [0.1, 0.15) is 18.1 Å². The van der Waals surface area contributed by atoms with Crippen molar-refractivity contribution in [2.45, 2.75) is 20.8 Å². The zero-order chi connectivity index (χ0) is 14.5. The molecule has 0 aliphatic heterocycles. The van der Waals surface area contributed by atoms with Crippen molar-refractivity contribution in [1.29, 1.82) is 0 Å². The summed E-state index contributed by atoms with van der Waals surface area (Å²) in [6.07, 6.45) is 0. The molecule has 0 saturated heterocycles. The molecule has 20 heavy (non-hydrogen) atoms. The Morgan fingerprint density at radius 1 is 1.05 bits per heavy atom. The SMILES string of the molecule is CCN(C(=S)Nc1ccc(C)cc1)c1ccccc1C. The van der Waals surface area contributed by atoms with E-state index in [4.69, 9.17) is 12.2 Å². The fourth-order valence-corrected chi connectivity index (χ4v) is 2.46. The lowest BCUT2D eigenvalue weighted by Crippen LogP contribution is -2.35. The van der Waals surface area contributed by atoms with E-state index in [1.54, 1.807) is 0 Å². The Bertz CT molecular complexity index is 590. The maximum Gasteiger partial charge on any atom is 0.177 e. The van der Waals surface area contributed by atoms with E-state index in [-0.39, 0.29) is 0 Å². The van der Waals surface area contributed by atoms with Gasteiger partial charge < -0.3 is 10.2 Å². The number of para-hydroxylation sites is 1. The number of benzene rings is 2. The number of nitrogens with zero attached hydrogens (tertiary/aromatic N) is 1. The second kappa shape index (κ2) is 6.53. The van der Waals surface area contributed by atoms with Crippen LogP contribution in [0.15, 0.2) is 48.5 Å². The molecule has 0 bridgehead atoms. The molecule has 0 atom stereocenters. The Morgan fingerprint density at radius 2 is 1.70 bits per heavy atom. The maximum atomic E-state index is 5.55. The molecule has 0 fully saturated rings. The first-order valence-electron chi connectivity index (χ1n) is 6.82. The molecule has 0 amide bonds. The number of thiocarbonyl (C=S) groups is 1. The molecule has 0 saturated carbocycles. The van der Waals surface area contributed by atoms with Crippen LogP contribution in [0, 0.1) is 13.8 Å². The third kappa shape index (κ3) is 3.36. The van der Waals surface area contributed by atoms with Gasteiger partial charge in [-0.05, 0) is 56.8 Å². The minimum absolute atomic E-state index is 0.727. The van der Waals surface area contributed by atoms with Gasteiger partial charge in [-0.1, -0.05) is 35.9 Å². The van der Waals surface area contributed by atoms with E-state index in [9.17, 15) is 0 Å².